The fourth-order valence-corrected chi connectivity index (χ4v) is 2.16. The molecule has 1 amide bonds. The van der Waals surface area contributed by atoms with E-state index >= 15 is 0 Å². The van der Waals surface area contributed by atoms with Crippen molar-refractivity contribution < 1.29 is 9.53 Å². The Kier molecular flexibility index (Phi) is 5.59. The molecule has 18 heavy (non-hydrogen) atoms. The molecule has 0 aliphatic carbocycles. The van der Waals surface area contributed by atoms with Crippen molar-refractivity contribution in [2.24, 2.45) is 5.73 Å². The highest BCUT2D eigenvalue weighted by atomic mass is 35.5. The van der Waals surface area contributed by atoms with Gasteiger partial charge < -0.3 is 15.4 Å². The van der Waals surface area contributed by atoms with Crippen LogP contribution in [0.1, 0.15) is 18.1 Å². The van der Waals surface area contributed by atoms with Crippen LogP contribution in [0.3, 0.4) is 0 Å². The molecule has 0 spiro atoms. The molecule has 2 rings (SSSR count). The second-order valence-electron chi connectivity index (χ2n) is 4.36. The minimum Gasteiger partial charge on any atom is -0.367 e. The van der Waals surface area contributed by atoms with E-state index in [0.717, 1.165) is 18.5 Å². The molecule has 1 aliphatic heterocycles. The van der Waals surface area contributed by atoms with Crippen molar-refractivity contribution in [3.8, 4) is 0 Å². The fraction of sp³-hybridized carbons (Fsp3) is 0.462. The van der Waals surface area contributed by atoms with Crippen LogP contribution in [-0.2, 0) is 9.53 Å². The topological polar surface area (TPSA) is 55.6 Å². The van der Waals surface area contributed by atoms with Crippen molar-refractivity contribution >= 4 is 18.3 Å². The molecule has 1 saturated heterocycles. The van der Waals surface area contributed by atoms with E-state index < -0.39 is 6.10 Å². The van der Waals surface area contributed by atoms with Crippen LogP contribution < -0.4 is 5.73 Å². The first-order chi connectivity index (χ1) is 8.22. The van der Waals surface area contributed by atoms with Gasteiger partial charge in [0.05, 0.1) is 0 Å². The largest absolute Gasteiger partial charge is 0.367 e. The summed E-state index contributed by atoms with van der Waals surface area (Å²) < 4.78 is 5.31. The molecular weight excluding hydrogens is 252 g/mol. The lowest BCUT2D eigenvalue weighted by atomic mass is 10.1. The molecule has 0 saturated carbocycles. The van der Waals surface area contributed by atoms with E-state index in [9.17, 15) is 4.79 Å². The number of hydrogen-bond donors (Lipinski definition) is 1. The molecule has 2 N–H and O–H groups in total. The van der Waals surface area contributed by atoms with E-state index in [0.29, 0.717) is 6.54 Å². The SMILES string of the molecule is COC(C(=O)N1CC[C@@H](N)C1)c1ccccc1.Cl. The predicted molar refractivity (Wildman–Crippen MR) is 72.6 cm³/mol. The third-order valence-electron chi connectivity index (χ3n) is 3.10. The second-order valence-corrected chi connectivity index (χ2v) is 4.36. The average Bonchev–Trinajstić information content (AvgIpc) is 2.78. The van der Waals surface area contributed by atoms with Crippen molar-refractivity contribution in [1.29, 1.82) is 0 Å². The van der Waals surface area contributed by atoms with Crippen molar-refractivity contribution in [1.82, 2.24) is 4.90 Å². The van der Waals surface area contributed by atoms with Gasteiger partial charge in [-0.05, 0) is 12.0 Å². The van der Waals surface area contributed by atoms with E-state index in [2.05, 4.69) is 0 Å². The maximum atomic E-state index is 12.3. The minimum absolute atomic E-state index is 0. The summed E-state index contributed by atoms with van der Waals surface area (Å²) in [7, 11) is 1.56. The Bertz CT molecular complexity index is 386. The first-order valence-electron chi connectivity index (χ1n) is 5.84. The smallest absolute Gasteiger partial charge is 0.256 e. The number of methoxy groups -OCH3 is 1. The van der Waals surface area contributed by atoms with E-state index in [1.807, 2.05) is 30.3 Å². The maximum Gasteiger partial charge on any atom is 0.256 e. The number of nitrogens with two attached hydrogens (primary N) is 1. The van der Waals surface area contributed by atoms with Crippen LogP contribution in [0.25, 0.3) is 0 Å². The van der Waals surface area contributed by atoms with Crippen LogP contribution >= 0.6 is 12.4 Å². The molecule has 2 atom stereocenters. The molecule has 1 unspecified atom stereocenters. The number of carbonyl (C=O) groups is 1. The van der Waals surface area contributed by atoms with Crippen LogP contribution in [0.5, 0.6) is 0 Å². The van der Waals surface area contributed by atoms with E-state index in [1.165, 1.54) is 0 Å². The quantitative estimate of drug-likeness (QED) is 0.902. The van der Waals surface area contributed by atoms with Gasteiger partial charge in [0.2, 0.25) is 0 Å². The molecule has 0 bridgehead atoms. The molecule has 0 aromatic heterocycles. The number of hydrogen-bond acceptors (Lipinski definition) is 3. The lowest BCUT2D eigenvalue weighted by Gasteiger charge is -2.22. The Morgan fingerprint density at radius 1 is 1.44 bits per heavy atom. The summed E-state index contributed by atoms with van der Waals surface area (Å²) in [6.07, 6.45) is 0.359. The predicted octanol–water partition coefficient (Wildman–Crippen LogP) is 1.36. The summed E-state index contributed by atoms with van der Waals surface area (Å²) in [4.78, 5) is 14.1. The van der Waals surface area contributed by atoms with Crippen LogP contribution in [0.2, 0.25) is 0 Å². The van der Waals surface area contributed by atoms with Gasteiger partial charge in [0.25, 0.3) is 5.91 Å². The summed E-state index contributed by atoms with van der Waals surface area (Å²) in [5, 5.41) is 0. The third-order valence-corrected chi connectivity index (χ3v) is 3.10. The average molecular weight is 271 g/mol. The molecule has 5 heteroatoms. The highest BCUT2D eigenvalue weighted by molar-refractivity contribution is 5.85. The van der Waals surface area contributed by atoms with E-state index in [1.54, 1.807) is 12.0 Å². The van der Waals surface area contributed by atoms with Crippen LogP contribution in [0.15, 0.2) is 30.3 Å². The van der Waals surface area contributed by atoms with E-state index in [-0.39, 0.29) is 24.4 Å². The molecule has 1 fully saturated rings. The standard InChI is InChI=1S/C13H18N2O2.ClH/c1-17-12(10-5-3-2-4-6-10)13(16)15-8-7-11(14)9-15;/h2-6,11-12H,7-9,14H2,1H3;1H/t11-,12?;/m1./s1. The first kappa shape index (κ1) is 15.0. The van der Waals surface area contributed by atoms with Gasteiger partial charge >= 0.3 is 0 Å². The van der Waals surface area contributed by atoms with Crippen molar-refractivity contribution in [2.75, 3.05) is 20.2 Å². The van der Waals surface area contributed by atoms with Gasteiger partial charge in [-0.15, -0.1) is 12.4 Å². The number of benzene rings is 1. The number of carbonyl (C=O) groups excluding carboxylic acids is 1. The molecular formula is C13H19ClN2O2. The lowest BCUT2D eigenvalue weighted by Crippen LogP contribution is -2.36. The summed E-state index contributed by atoms with van der Waals surface area (Å²) in [5.41, 5.74) is 6.70. The van der Waals surface area contributed by atoms with Gasteiger partial charge in [0, 0.05) is 26.2 Å². The molecule has 1 heterocycles. The third kappa shape index (κ3) is 3.22. The molecule has 1 aromatic carbocycles. The molecule has 0 radical (unpaired) electrons. The molecule has 1 aromatic rings. The molecule has 4 nitrogen and oxygen atoms in total. The number of ether oxygens (including phenoxy) is 1. The van der Waals surface area contributed by atoms with Crippen LogP contribution in [0, 0.1) is 0 Å². The summed E-state index contributed by atoms with van der Waals surface area (Å²) in [5.74, 6) is 0.00616. The Labute approximate surface area is 114 Å². The van der Waals surface area contributed by atoms with Gasteiger partial charge in [-0.3, -0.25) is 4.79 Å². The monoisotopic (exact) mass is 270 g/mol. The second kappa shape index (κ2) is 6.73. The van der Waals surface area contributed by atoms with Gasteiger partial charge in [-0.1, -0.05) is 30.3 Å². The maximum absolute atomic E-state index is 12.3. The zero-order chi connectivity index (χ0) is 12.3. The Morgan fingerprint density at radius 2 is 2.11 bits per heavy atom. The lowest BCUT2D eigenvalue weighted by molar-refractivity contribution is -0.141. The number of amides is 1. The Balaban J connectivity index is 0.00000162. The van der Waals surface area contributed by atoms with E-state index in [4.69, 9.17) is 10.5 Å². The zero-order valence-corrected chi connectivity index (χ0v) is 11.2. The molecule has 100 valence electrons. The van der Waals surface area contributed by atoms with Gasteiger partial charge in [-0.25, -0.2) is 0 Å². The van der Waals surface area contributed by atoms with Gasteiger partial charge in [0.15, 0.2) is 6.10 Å². The van der Waals surface area contributed by atoms with Crippen molar-refractivity contribution in [3.05, 3.63) is 35.9 Å². The first-order valence-corrected chi connectivity index (χ1v) is 5.84. The zero-order valence-electron chi connectivity index (χ0n) is 10.4. The number of rotatable bonds is 3. The number of halogens is 1. The summed E-state index contributed by atoms with van der Waals surface area (Å²) >= 11 is 0. The molecule has 1 aliphatic rings. The number of nitrogens with zero attached hydrogens (tertiary/aromatic N) is 1. The highest BCUT2D eigenvalue weighted by Crippen LogP contribution is 2.21. The highest BCUT2D eigenvalue weighted by Gasteiger charge is 2.30. The van der Waals surface area contributed by atoms with Gasteiger partial charge in [0.1, 0.15) is 0 Å². The number of likely N-dealkylation sites (tertiary alicyclic amines) is 1. The van der Waals surface area contributed by atoms with Crippen LogP contribution in [-0.4, -0.2) is 37.0 Å². The van der Waals surface area contributed by atoms with Crippen LogP contribution in [0.4, 0.5) is 0 Å². The van der Waals surface area contributed by atoms with Crippen molar-refractivity contribution in [3.63, 3.8) is 0 Å². The Hall–Kier alpha value is -1.10. The van der Waals surface area contributed by atoms with Crippen molar-refractivity contribution in [2.45, 2.75) is 18.6 Å². The fourth-order valence-electron chi connectivity index (χ4n) is 2.16. The Morgan fingerprint density at radius 3 is 2.61 bits per heavy atom. The summed E-state index contributed by atoms with van der Waals surface area (Å²) in [6.45, 7) is 1.36. The van der Waals surface area contributed by atoms with Gasteiger partial charge in [-0.2, -0.15) is 0 Å². The summed E-state index contributed by atoms with van der Waals surface area (Å²) in [6, 6.07) is 9.65. The normalized spacial score (nSPS) is 20.3. The minimum atomic E-state index is -0.513.